The Morgan fingerprint density at radius 2 is 1.88 bits per heavy atom. The zero-order chi connectivity index (χ0) is 12.8. The summed E-state index contributed by atoms with van der Waals surface area (Å²) in [4.78, 5) is 9.26. The van der Waals surface area contributed by atoms with Crippen LogP contribution < -0.4 is 5.32 Å². The maximum absolute atomic E-state index is 4.66. The van der Waals surface area contributed by atoms with Crippen molar-refractivity contribution in [1.82, 2.24) is 9.97 Å². The Balaban J connectivity index is 3.00. The normalized spacial score (nSPS) is 10.9. The zero-order valence-electron chi connectivity index (χ0n) is 11.8. The van der Waals surface area contributed by atoms with Crippen LogP contribution in [0.5, 0.6) is 0 Å². The lowest BCUT2D eigenvalue weighted by atomic mass is 10.1. The molecule has 0 aliphatic rings. The molecule has 0 radical (unpaired) electrons. The fourth-order valence-electron chi connectivity index (χ4n) is 1.92. The molecule has 1 rings (SSSR count). The van der Waals surface area contributed by atoms with Crippen LogP contribution in [0.4, 0.5) is 5.82 Å². The standard InChI is InChI=1S/C14H25N3/c1-6-8-15-14-12(7-2)11(5)16-13(17-14)9-10(3)4/h10H,6-9H2,1-5H3,(H,15,16,17). The molecular weight excluding hydrogens is 210 g/mol. The Bertz CT molecular complexity index is 359. The van der Waals surface area contributed by atoms with E-state index in [4.69, 9.17) is 0 Å². The van der Waals surface area contributed by atoms with Crippen LogP contribution in [0.25, 0.3) is 0 Å². The Hall–Kier alpha value is -1.12. The minimum absolute atomic E-state index is 0.598. The summed E-state index contributed by atoms with van der Waals surface area (Å²) in [5.41, 5.74) is 2.38. The molecule has 0 aromatic carbocycles. The monoisotopic (exact) mass is 235 g/mol. The number of hydrogen-bond acceptors (Lipinski definition) is 3. The van der Waals surface area contributed by atoms with E-state index in [1.165, 1.54) is 5.56 Å². The lowest BCUT2D eigenvalue weighted by Crippen LogP contribution is -2.11. The number of hydrogen-bond donors (Lipinski definition) is 1. The van der Waals surface area contributed by atoms with Gasteiger partial charge in [-0.2, -0.15) is 0 Å². The van der Waals surface area contributed by atoms with Gasteiger partial charge in [-0.25, -0.2) is 9.97 Å². The second-order valence-electron chi connectivity index (χ2n) is 4.93. The van der Waals surface area contributed by atoms with Crippen LogP contribution in [0.1, 0.15) is 51.2 Å². The van der Waals surface area contributed by atoms with Crippen molar-refractivity contribution >= 4 is 5.82 Å². The summed E-state index contributed by atoms with van der Waals surface area (Å²) in [5, 5.41) is 3.42. The molecule has 3 heteroatoms. The van der Waals surface area contributed by atoms with Crippen molar-refractivity contribution < 1.29 is 0 Å². The first kappa shape index (κ1) is 13.9. The molecule has 96 valence electrons. The van der Waals surface area contributed by atoms with Crippen molar-refractivity contribution in [3.63, 3.8) is 0 Å². The summed E-state index contributed by atoms with van der Waals surface area (Å²) >= 11 is 0. The van der Waals surface area contributed by atoms with Gasteiger partial charge in [0.25, 0.3) is 0 Å². The molecule has 17 heavy (non-hydrogen) atoms. The van der Waals surface area contributed by atoms with Gasteiger partial charge >= 0.3 is 0 Å². The number of anilines is 1. The van der Waals surface area contributed by atoms with E-state index in [0.29, 0.717) is 5.92 Å². The van der Waals surface area contributed by atoms with Gasteiger partial charge in [-0.15, -0.1) is 0 Å². The third kappa shape index (κ3) is 3.99. The van der Waals surface area contributed by atoms with Gasteiger partial charge in [0.2, 0.25) is 0 Å². The highest BCUT2D eigenvalue weighted by atomic mass is 15.0. The number of nitrogens with one attached hydrogen (secondary N) is 1. The van der Waals surface area contributed by atoms with Gasteiger partial charge < -0.3 is 5.32 Å². The predicted molar refractivity (Wildman–Crippen MR) is 73.5 cm³/mol. The topological polar surface area (TPSA) is 37.8 Å². The van der Waals surface area contributed by atoms with Crippen LogP contribution in [-0.4, -0.2) is 16.5 Å². The quantitative estimate of drug-likeness (QED) is 0.821. The molecule has 3 nitrogen and oxygen atoms in total. The number of aryl methyl sites for hydroxylation is 1. The van der Waals surface area contributed by atoms with Crippen molar-refractivity contribution in [2.24, 2.45) is 5.92 Å². The summed E-state index contributed by atoms with van der Waals surface area (Å²) in [6.07, 6.45) is 3.05. The molecule has 1 aromatic rings. The fourth-order valence-corrected chi connectivity index (χ4v) is 1.92. The molecule has 1 aromatic heterocycles. The molecular formula is C14H25N3. The van der Waals surface area contributed by atoms with E-state index < -0.39 is 0 Å². The first-order valence-electron chi connectivity index (χ1n) is 6.68. The van der Waals surface area contributed by atoms with Crippen molar-refractivity contribution in [3.8, 4) is 0 Å². The Kier molecular flexibility index (Phi) is 5.39. The lowest BCUT2D eigenvalue weighted by molar-refractivity contribution is 0.618. The molecule has 1 N–H and O–H groups in total. The highest BCUT2D eigenvalue weighted by molar-refractivity contribution is 5.46. The van der Waals surface area contributed by atoms with Crippen LogP contribution in [-0.2, 0) is 12.8 Å². The Labute approximate surface area is 105 Å². The van der Waals surface area contributed by atoms with Crippen LogP contribution >= 0.6 is 0 Å². The smallest absolute Gasteiger partial charge is 0.133 e. The molecule has 0 spiro atoms. The number of aromatic nitrogens is 2. The molecule has 0 atom stereocenters. The van der Waals surface area contributed by atoms with E-state index in [-0.39, 0.29) is 0 Å². The average molecular weight is 235 g/mol. The van der Waals surface area contributed by atoms with Crippen LogP contribution in [0.3, 0.4) is 0 Å². The third-order valence-corrected chi connectivity index (χ3v) is 2.75. The first-order chi connectivity index (χ1) is 8.08. The SMILES string of the molecule is CCCNc1nc(CC(C)C)nc(C)c1CC. The molecule has 0 aliphatic heterocycles. The molecule has 0 bridgehead atoms. The summed E-state index contributed by atoms with van der Waals surface area (Å²) < 4.78 is 0. The molecule has 0 saturated heterocycles. The van der Waals surface area contributed by atoms with Crippen LogP contribution in [0, 0.1) is 12.8 Å². The molecule has 1 heterocycles. The Morgan fingerprint density at radius 3 is 2.41 bits per heavy atom. The highest BCUT2D eigenvalue weighted by Crippen LogP contribution is 2.18. The minimum atomic E-state index is 0.598. The van der Waals surface area contributed by atoms with Gasteiger partial charge in [0.1, 0.15) is 11.6 Å². The molecule has 0 fully saturated rings. The van der Waals surface area contributed by atoms with Crippen LogP contribution in [0.2, 0.25) is 0 Å². The van der Waals surface area contributed by atoms with E-state index >= 15 is 0 Å². The van der Waals surface area contributed by atoms with E-state index in [1.54, 1.807) is 0 Å². The summed E-state index contributed by atoms with van der Waals surface area (Å²) in [5.74, 6) is 2.60. The van der Waals surface area contributed by atoms with E-state index in [9.17, 15) is 0 Å². The Morgan fingerprint density at radius 1 is 1.18 bits per heavy atom. The minimum Gasteiger partial charge on any atom is -0.370 e. The second kappa shape index (κ2) is 6.58. The highest BCUT2D eigenvalue weighted by Gasteiger charge is 2.10. The van der Waals surface area contributed by atoms with Gasteiger partial charge in [-0.1, -0.05) is 27.7 Å². The maximum atomic E-state index is 4.66. The summed E-state index contributed by atoms with van der Waals surface area (Å²) in [6, 6.07) is 0. The van der Waals surface area contributed by atoms with Gasteiger partial charge in [-0.3, -0.25) is 0 Å². The molecule has 0 aliphatic carbocycles. The predicted octanol–water partition coefficient (Wildman–Crippen LogP) is 3.37. The van der Waals surface area contributed by atoms with E-state index in [1.807, 2.05) is 0 Å². The van der Waals surface area contributed by atoms with Crippen molar-refractivity contribution in [3.05, 3.63) is 17.1 Å². The van der Waals surface area contributed by atoms with Crippen LogP contribution in [0.15, 0.2) is 0 Å². The van der Waals surface area contributed by atoms with Gasteiger partial charge in [0.15, 0.2) is 0 Å². The molecule has 0 unspecified atom stereocenters. The van der Waals surface area contributed by atoms with Crippen molar-refractivity contribution in [2.45, 2.75) is 53.9 Å². The van der Waals surface area contributed by atoms with Gasteiger partial charge in [0.05, 0.1) is 0 Å². The third-order valence-electron chi connectivity index (χ3n) is 2.75. The largest absolute Gasteiger partial charge is 0.370 e. The van der Waals surface area contributed by atoms with Gasteiger partial charge in [0, 0.05) is 24.2 Å². The molecule has 0 saturated carbocycles. The summed E-state index contributed by atoms with van der Waals surface area (Å²) in [7, 11) is 0. The lowest BCUT2D eigenvalue weighted by Gasteiger charge is -2.14. The fraction of sp³-hybridized carbons (Fsp3) is 0.714. The zero-order valence-corrected chi connectivity index (χ0v) is 11.8. The van der Waals surface area contributed by atoms with E-state index in [0.717, 1.165) is 43.1 Å². The first-order valence-corrected chi connectivity index (χ1v) is 6.68. The second-order valence-corrected chi connectivity index (χ2v) is 4.93. The number of nitrogens with zero attached hydrogens (tertiary/aromatic N) is 2. The average Bonchev–Trinajstić information content (AvgIpc) is 2.25. The number of rotatable bonds is 6. The summed E-state index contributed by atoms with van der Waals surface area (Å²) in [6.45, 7) is 11.8. The van der Waals surface area contributed by atoms with Crippen molar-refractivity contribution in [2.75, 3.05) is 11.9 Å². The maximum Gasteiger partial charge on any atom is 0.133 e. The van der Waals surface area contributed by atoms with Crippen molar-refractivity contribution in [1.29, 1.82) is 0 Å². The van der Waals surface area contributed by atoms with E-state index in [2.05, 4.69) is 49.9 Å². The molecule has 0 amide bonds. The van der Waals surface area contributed by atoms with Gasteiger partial charge in [-0.05, 0) is 25.7 Å².